The van der Waals surface area contributed by atoms with Crippen molar-refractivity contribution < 1.29 is 39.6 Å². The van der Waals surface area contributed by atoms with Gasteiger partial charge in [-0.15, -0.1) is 58.5 Å². The van der Waals surface area contributed by atoms with Gasteiger partial charge in [0.15, 0.2) is 23.3 Å². The lowest BCUT2D eigenvalue weighted by Crippen LogP contribution is -2.07. The van der Waals surface area contributed by atoms with Crippen molar-refractivity contribution in [2.75, 3.05) is 21.3 Å². The van der Waals surface area contributed by atoms with Crippen molar-refractivity contribution in [1.82, 2.24) is 39.9 Å². The molecule has 556 valence electrons. The highest BCUT2D eigenvalue weighted by molar-refractivity contribution is 7.16. The van der Waals surface area contributed by atoms with Crippen LogP contribution in [0.2, 0.25) is 0 Å². The summed E-state index contributed by atoms with van der Waals surface area (Å²) in [5.74, 6) is 2.66. The molecule has 4 aromatic carbocycles. The molecule has 0 unspecified atom stereocenters. The maximum absolute atomic E-state index is 10.9. The SMILES string of the molecule is C=CCc1c(C)nc(-c2ccc(C)s2)nc1Nc1ccc(CC(=O)O)cc1.C=CCc1c(CC)nc(-c2ccc(C)s2)nc1Nc1ccc(CC(=O)O)cc1.CCc1c(C)nc(-c2ccc(C)s2)nc1Nc1ccc(CC(=O)O)cc1.CCc1nc(-c2ccc(C)s2)nc(Nc2ccc(CC(=O)O)cc2)c1CC. The number of thiophene rings is 4. The lowest BCUT2D eigenvalue weighted by molar-refractivity contribution is -0.137. The van der Waals surface area contributed by atoms with Crippen LogP contribution in [0.3, 0.4) is 0 Å². The fourth-order valence-electron chi connectivity index (χ4n) is 11.5. The minimum atomic E-state index is -0.841. The highest BCUT2D eigenvalue weighted by atomic mass is 32.1. The molecule has 108 heavy (non-hydrogen) atoms. The lowest BCUT2D eigenvalue weighted by Gasteiger charge is -2.15. The van der Waals surface area contributed by atoms with Crippen molar-refractivity contribution in [1.29, 1.82) is 0 Å². The van der Waals surface area contributed by atoms with Crippen molar-refractivity contribution in [3.8, 4) is 42.8 Å². The average molecular weight is 1520 g/mol. The predicted molar refractivity (Wildman–Crippen MR) is 439 cm³/mol. The van der Waals surface area contributed by atoms with E-state index in [1.54, 1.807) is 57.5 Å². The third kappa shape index (κ3) is 22.8. The minimum absolute atomic E-state index is 0.0104. The zero-order valence-corrected chi connectivity index (χ0v) is 65.4. The van der Waals surface area contributed by atoms with Crippen LogP contribution in [-0.4, -0.2) is 84.2 Å². The number of allylic oxidation sites excluding steroid dienone is 2. The van der Waals surface area contributed by atoms with Gasteiger partial charge >= 0.3 is 23.9 Å². The normalized spacial score (nSPS) is 10.7. The number of hydrogen-bond acceptors (Lipinski definition) is 20. The molecule has 8 aromatic heterocycles. The molecule has 0 aliphatic carbocycles. The molecule has 8 heterocycles. The van der Waals surface area contributed by atoms with Crippen molar-refractivity contribution in [3.05, 3.63) is 258 Å². The number of anilines is 8. The molecule has 0 radical (unpaired) electrons. The molecule has 20 nitrogen and oxygen atoms in total. The molecule has 0 bridgehead atoms. The van der Waals surface area contributed by atoms with Crippen LogP contribution in [0.5, 0.6) is 0 Å². The van der Waals surface area contributed by atoms with Crippen LogP contribution >= 0.6 is 45.3 Å². The van der Waals surface area contributed by atoms with Gasteiger partial charge in [-0.2, -0.15) is 0 Å². The number of benzene rings is 4. The molecule has 0 saturated heterocycles. The summed E-state index contributed by atoms with van der Waals surface area (Å²) in [5, 5.41) is 49.1. The zero-order valence-electron chi connectivity index (χ0n) is 62.1. The Hall–Kier alpha value is -11.4. The molecule has 8 N–H and O–H groups in total. The fourth-order valence-corrected chi connectivity index (χ4v) is 14.7. The molecular formula is C84H88N12O8S4. The Morgan fingerprint density at radius 3 is 0.833 bits per heavy atom. The van der Waals surface area contributed by atoms with E-state index in [0.29, 0.717) is 24.5 Å². The van der Waals surface area contributed by atoms with Crippen molar-refractivity contribution >= 4 is 115 Å². The second kappa shape index (κ2) is 38.7. The first-order valence-electron chi connectivity index (χ1n) is 35.3. The molecule has 12 aromatic rings. The second-order valence-electron chi connectivity index (χ2n) is 25.2. The molecule has 0 atom stereocenters. The lowest BCUT2D eigenvalue weighted by atomic mass is 10.1. The van der Waals surface area contributed by atoms with Crippen LogP contribution in [0.4, 0.5) is 46.0 Å². The third-order valence-electron chi connectivity index (χ3n) is 16.8. The zero-order chi connectivity index (χ0) is 77.6. The minimum Gasteiger partial charge on any atom is -0.481 e. The number of carboxylic acids is 4. The Labute approximate surface area is 645 Å². The molecule has 0 saturated carbocycles. The number of rotatable bonds is 28. The van der Waals surface area contributed by atoms with Crippen LogP contribution in [0.1, 0.15) is 114 Å². The second-order valence-corrected chi connectivity index (χ2v) is 30.3. The Bertz CT molecular complexity index is 5130. The quantitative estimate of drug-likeness (QED) is 0.0211. The summed E-state index contributed by atoms with van der Waals surface area (Å²) < 4.78 is 0. The Balaban J connectivity index is 0.000000166. The summed E-state index contributed by atoms with van der Waals surface area (Å²) in [4.78, 5) is 90.4. The van der Waals surface area contributed by atoms with E-state index in [9.17, 15) is 19.2 Å². The first kappa shape index (κ1) is 80.7. The van der Waals surface area contributed by atoms with Crippen LogP contribution in [0, 0.1) is 41.5 Å². The van der Waals surface area contributed by atoms with Gasteiger partial charge in [-0.05, 0) is 199 Å². The first-order chi connectivity index (χ1) is 51.9. The van der Waals surface area contributed by atoms with Crippen molar-refractivity contribution in [3.63, 3.8) is 0 Å². The summed E-state index contributed by atoms with van der Waals surface area (Å²) in [5.41, 5.74) is 14.7. The maximum atomic E-state index is 10.9. The number of carboxylic acid groups (broad SMARTS) is 4. The monoisotopic (exact) mass is 1520 g/mol. The highest BCUT2D eigenvalue weighted by Gasteiger charge is 2.20. The molecule has 0 aliphatic heterocycles. The van der Waals surface area contributed by atoms with Gasteiger partial charge in [0.2, 0.25) is 0 Å². The van der Waals surface area contributed by atoms with Crippen LogP contribution in [-0.2, 0) is 83.4 Å². The summed E-state index contributed by atoms with van der Waals surface area (Å²) in [6, 6.07) is 46.0. The fraction of sp³-hybridized carbons (Fsp3) is 0.238. The predicted octanol–water partition coefficient (Wildman–Crippen LogP) is 19.9. The third-order valence-corrected chi connectivity index (χ3v) is 20.8. The number of nitrogens with zero attached hydrogens (tertiary/aromatic N) is 8. The van der Waals surface area contributed by atoms with Gasteiger partial charge in [-0.1, -0.05) is 88.4 Å². The number of aromatic nitrogens is 8. The largest absolute Gasteiger partial charge is 0.481 e. The average Bonchev–Trinajstić information content (AvgIpc) is 1.37. The van der Waals surface area contributed by atoms with E-state index in [2.05, 4.69) is 130 Å². The Morgan fingerprint density at radius 1 is 0.324 bits per heavy atom. The summed E-state index contributed by atoms with van der Waals surface area (Å²) in [7, 11) is 0. The summed E-state index contributed by atoms with van der Waals surface area (Å²) in [6.45, 7) is 28.3. The van der Waals surface area contributed by atoms with Crippen LogP contribution < -0.4 is 21.3 Å². The van der Waals surface area contributed by atoms with Gasteiger partial charge in [0, 0.05) is 87.3 Å². The molecule has 0 amide bonds. The van der Waals surface area contributed by atoms with Crippen LogP contribution in [0.15, 0.2) is 171 Å². The van der Waals surface area contributed by atoms with E-state index in [-0.39, 0.29) is 25.7 Å². The van der Waals surface area contributed by atoms with Gasteiger partial charge in [0.1, 0.15) is 23.3 Å². The number of hydrogen-bond donors (Lipinski definition) is 8. The first-order valence-corrected chi connectivity index (χ1v) is 38.5. The number of aliphatic carboxylic acids is 4. The Morgan fingerprint density at radius 2 is 0.574 bits per heavy atom. The molecule has 0 spiro atoms. The van der Waals surface area contributed by atoms with Gasteiger partial charge in [0.05, 0.1) is 45.2 Å². The molecule has 0 fully saturated rings. The number of aryl methyl sites for hydroxylation is 8. The smallest absolute Gasteiger partial charge is 0.307 e. The topological polar surface area (TPSA) is 300 Å². The van der Waals surface area contributed by atoms with Gasteiger partial charge < -0.3 is 41.7 Å². The van der Waals surface area contributed by atoms with Crippen molar-refractivity contribution in [2.45, 2.75) is 133 Å². The van der Waals surface area contributed by atoms with E-state index < -0.39 is 23.9 Å². The van der Waals surface area contributed by atoms with E-state index >= 15 is 0 Å². The van der Waals surface area contributed by atoms with E-state index in [1.165, 1.54) is 19.5 Å². The Kier molecular flexibility index (Phi) is 28.9. The van der Waals surface area contributed by atoms with Gasteiger partial charge in [-0.3, -0.25) is 19.2 Å². The number of nitrogens with one attached hydrogen (secondary N) is 4. The van der Waals surface area contributed by atoms with E-state index in [0.717, 1.165) is 170 Å². The molecule has 24 heteroatoms. The van der Waals surface area contributed by atoms with Gasteiger partial charge in [-0.25, -0.2) is 39.9 Å². The maximum Gasteiger partial charge on any atom is 0.307 e. The van der Waals surface area contributed by atoms with Gasteiger partial charge in [0.25, 0.3) is 0 Å². The van der Waals surface area contributed by atoms with Crippen molar-refractivity contribution in [2.24, 2.45) is 0 Å². The van der Waals surface area contributed by atoms with E-state index in [4.69, 9.17) is 50.3 Å². The van der Waals surface area contributed by atoms with Crippen LogP contribution in [0.25, 0.3) is 42.8 Å². The summed E-state index contributed by atoms with van der Waals surface area (Å²) >= 11 is 6.70. The number of carbonyl (C=O) groups is 4. The van der Waals surface area contributed by atoms with E-state index in [1.807, 2.05) is 129 Å². The standard InChI is InChI=1S/C22H23N3O2S.C21H21N3O2S.C21H23N3O2S.C20H21N3O2S/c1-4-6-17-18(5-2)24-22(19-12-7-14(3)28-19)25-21(17)23-16-10-8-15(9-11-16)13-20(26)27;1-4-5-17-14(3)22-21(18-11-6-13(2)27-18)24-20(17)23-16-9-7-15(8-10-16)12-19(25)26;1-4-16-17(5-2)23-21(18-11-6-13(3)27-18)24-20(16)22-15-9-7-14(8-10-15)12-19(25)26;1-4-16-13(3)21-20(17-10-5-12(2)26-17)23-19(16)22-15-8-6-14(7-9-15)11-18(24)25/h4,7-12H,1,5-6,13H2,2-3H3,(H,26,27)(H,23,24,25);4,6-11H,1,5,12H2,2-3H3,(H,25,26)(H,22,23,24);6-11H,4-5,12H2,1-3H3,(H,25,26)(H,22,23,24);5-10H,4,11H2,1-3H3,(H,24,25)(H,21,22,23). The summed E-state index contributed by atoms with van der Waals surface area (Å²) in [6.07, 6.45) is 8.40. The molecular weight excluding hydrogens is 1430 g/mol. The highest BCUT2D eigenvalue weighted by Crippen LogP contribution is 2.35. The molecule has 12 rings (SSSR count). The molecule has 0 aliphatic rings.